The zero-order valence-corrected chi connectivity index (χ0v) is 19.9. The fourth-order valence-electron chi connectivity index (χ4n) is 3.95. The number of rotatable bonds is 7. The van der Waals surface area contributed by atoms with Crippen molar-refractivity contribution in [1.82, 2.24) is 5.01 Å². The van der Waals surface area contributed by atoms with Gasteiger partial charge in [-0.15, -0.1) is 11.3 Å². The number of methoxy groups -OCH3 is 2. The molecule has 0 spiro atoms. The summed E-state index contributed by atoms with van der Waals surface area (Å²) in [6, 6.07) is 13.7. The number of hydrogen-bond donors (Lipinski definition) is 0. The van der Waals surface area contributed by atoms with Gasteiger partial charge in [0.05, 0.1) is 36.4 Å². The Bertz CT molecular complexity index is 1290. The standard InChI is InChI=1S/C25H22N2O7S/c1-30-19-7-5-15(10-21(19)31-2)18-12-17(23-4-3-9-35-23)26-27(18)24(28)13-32-25(29)16-6-8-20-22(11-16)34-14-33-20/h3-11,18H,12-14H2,1-2H3. The smallest absolute Gasteiger partial charge is 0.338 e. The van der Waals surface area contributed by atoms with Gasteiger partial charge < -0.3 is 23.7 Å². The van der Waals surface area contributed by atoms with Gasteiger partial charge in [-0.25, -0.2) is 9.80 Å². The number of amides is 1. The van der Waals surface area contributed by atoms with Crippen LogP contribution in [0.5, 0.6) is 23.0 Å². The van der Waals surface area contributed by atoms with Gasteiger partial charge in [0.15, 0.2) is 29.6 Å². The summed E-state index contributed by atoms with van der Waals surface area (Å²) in [5.41, 5.74) is 1.88. The molecule has 1 unspecified atom stereocenters. The third kappa shape index (κ3) is 4.52. The maximum Gasteiger partial charge on any atom is 0.338 e. The average Bonchev–Trinajstić information content (AvgIpc) is 3.66. The second-order valence-electron chi connectivity index (χ2n) is 7.74. The first-order valence-corrected chi connectivity index (χ1v) is 11.7. The molecule has 9 nitrogen and oxygen atoms in total. The molecule has 2 aliphatic heterocycles. The Labute approximate surface area is 205 Å². The molecule has 2 aliphatic rings. The Hall–Kier alpha value is -4.05. The molecule has 1 amide bonds. The molecule has 2 aromatic carbocycles. The molecule has 35 heavy (non-hydrogen) atoms. The highest BCUT2D eigenvalue weighted by Gasteiger charge is 2.34. The fourth-order valence-corrected chi connectivity index (χ4v) is 4.67. The molecular weight excluding hydrogens is 472 g/mol. The molecule has 0 fully saturated rings. The van der Waals surface area contributed by atoms with Crippen LogP contribution in [0.3, 0.4) is 0 Å². The van der Waals surface area contributed by atoms with Crippen molar-refractivity contribution in [2.75, 3.05) is 27.6 Å². The Kier molecular flexibility index (Phi) is 6.28. The van der Waals surface area contributed by atoms with Crippen molar-refractivity contribution >= 4 is 28.9 Å². The Balaban J connectivity index is 1.35. The van der Waals surface area contributed by atoms with Crippen LogP contribution in [0.2, 0.25) is 0 Å². The van der Waals surface area contributed by atoms with Crippen LogP contribution in [0.4, 0.5) is 0 Å². The van der Waals surface area contributed by atoms with Crippen LogP contribution in [-0.4, -0.2) is 50.2 Å². The lowest BCUT2D eigenvalue weighted by molar-refractivity contribution is -0.136. The number of nitrogens with zero attached hydrogens (tertiary/aromatic N) is 2. The predicted molar refractivity (Wildman–Crippen MR) is 127 cm³/mol. The van der Waals surface area contributed by atoms with Crippen molar-refractivity contribution in [3.63, 3.8) is 0 Å². The van der Waals surface area contributed by atoms with E-state index in [2.05, 4.69) is 5.10 Å². The molecule has 0 saturated carbocycles. The number of carbonyl (C=O) groups is 2. The van der Waals surface area contributed by atoms with Crippen LogP contribution in [0.25, 0.3) is 0 Å². The number of benzene rings is 2. The minimum absolute atomic E-state index is 0.101. The van der Waals surface area contributed by atoms with Gasteiger partial charge in [0.25, 0.3) is 5.91 Å². The maximum atomic E-state index is 13.2. The molecule has 0 saturated heterocycles. The Morgan fingerprint density at radius 1 is 1.06 bits per heavy atom. The number of hydrogen-bond acceptors (Lipinski definition) is 9. The summed E-state index contributed by atoms with van der Waals surface area (Å²) >= 11 is 1.55. The summed E-state index contributed by atoms with van der Waals surface area (Å²) in [6.45, 7) is -0.359. The van der Waals surface area contributed by atoms with E-state index in [1.54, 1.807) is 43.8 Å². The third-order valence-electron chi connectivity index (χ3n) is 5.70. The molecule has 0 aliphatic carbocycles. The van der Waals surface area contributed by atoms with Crippen LogP contribution >= 0.6 is 11.3 Å². The monoisotopic (exact) mass is 494 g/mol. The minimum atomic E-state index is -0.638. The molecule has 1 atom stereocenters. The largest absolute Gasteiger partial charge is 0.493 e. The van der Waals surface area contributed by atoms with Crippen molar-refractivity contribution in [3.8, 4) is 23.0 Å². The molecule has 0 N–H and O–H groups in total. The minimum Gasteiger partial charge on any atom is -0.493 e. The predicted octanol–water partition coefficient (Wildman–Crippen LogP) is 4.03. The normalized spacial score (nSPS) is 16.1. The van der Waals surface area contributed by atoms with Gasteiger partial charge in [-0.1, -0.05) is 12.1 Å². The molecular formula is C25H22N2O7S. The van der Waals surface area contributed by atoms with Gasteiger partial charge in [-0.2, -0.15) is 5.10 Å². The Morgan fingerprint density at radius 3 is 2.66 bits per heavy atom. The van der Waals surface area contributed by atoms with Gasteiger partial charge in [0.2, 0.25) is 6.79 Å². The van der Waals surface area contributed by atoms with Gasteiger partial charge in [-0.05, 0) is 47.3 Å². The van der Waals surface area contributed by atoms with Crippen LogP contribution in [-0.2, 0) is 9.53 Å². The van der Waals surface area contributed by atoms with E-state index in [4.69, 9.17) is 23.7 Å². The second kappa shape index (κ2) is 9.67. The van der Waals surface area contributed by atoms with Gasteiger partial charge in [0.1, 0.15) is 0 Å². The quantitative estimate of drug-likeness (QED) is 0.458. The summed E-state index contributed by atoms with van der Waals surface area (Å²) in [7, 11) is 3.12. The summed E-state index contributed by atoms with van der Waals surface area (Å²) in [5, 5.41) is 7.93. The summed E-state index contributed by atoms with van der Waals surface area (Å²) in [4.78, 5) is 26.7. The molecule has 5 rings (SSSR count). The molecule has 3 aromatic rings. The summed E-state index contributed by atoms with van der Waals surface area (Å²) in [5.74, 6) is 1.08. The number of thiophene rings is 1. The van der Waals surface area contributed by atoms with Crippen LogP contribution < -0.4 is 18.9 Å². The van der Waals surface area contributed by atoms with Gasteiger partial charge in [-0.3, -0.25) is 4.79 Å². The molecule has 0 bridgehead atoms. The number of hydrazone groups is 1. The lowest BCUT2D eigenvalue weighted by atomic mass is 10.0. The SMILES string of the molecule is COc1ccc(C2CC(c3cccs3)=NN2C(=O)COC(=O)c2ccc3c(c2)OCO3)cc1OC. The van der Waals surface area contributed by atoms with Crippen LogP contribution in [0, 0.1) is 0 Å². The van der Waals surface area contributed by atoms with E-state index in [9.17, 15) is 9.59 Å². The highest BCUT2D eigenvalue weighted by Crippen LogP contribution is 2.38. The first kappa shape index (κ1) is 22.7. The number of ether oxygens (including phenoxy) is 5. The molecule has 3 heterocycles. The highest BCUT2D eigenvalue weighted by atomic mass is 32.1. The van der Waals surface area contributed by atoms with Gasteiger partial charge in [0, 0.05) is 6.42 Å². The highest BCUT2D eigenvalue weighted by molar-refractivity contribution is 7.12. The lowest BCUT2D eigenvalue weighted by Gasteiger charge is -2.22. The van der Waals surface area contributed by atoms with E-state index in [1.807, 2.05) is 29.6 Å². The van der Waals surface area contributed by atoms with Crippen molar-refractivity contribution < 1.29 is 33.3 Å². The first-order valence-electron chi connectivity index (χ1n) is 10.8. The van der Waals surface area contributed by atoms with E-state index < -0.39 is 18.5 Å². The summed E-state index contributed by atoms with van der Waals surface area (Å²) < 4.78 is 26.6. The van der Waals surface area contributed by atoms with E-state index in [-0.39, 0.29) is 18.4 Å². The van der Waals surface area contributed by atoms with Crippen LogP contribution in [0.15, 0.2) is 59.0 Å². The molecule has 0 radical (unpaired) electrons. The lowest BCUT2D eigenvalue weighted by Crippen LogP contribution is -2.31. The third-order valence-corrected chi connectivity index (χ3v) is 6.62. The second-order valence-corrected chi connectivity index (χ2v) is 8.69. The van der Waals surface area contributed by atoms with E-state index in [1.165, 1.54) is 11.1 Å². The van der Waals surface area contributed by atoms with Crippen molar-refractivity contribution in [3.05, 3.63) is 69.9 Å². The number of fused-ring (bicyclic) bond motifs is 1. The Morgan fingerprint density at radius 2 is 1.89 bits per heavy atom. The number of carbonyl (C=O) groups excluding carboxylic acids is 2. The zero-order valence-electron chi connectivity index (χ0n) is 19.1. The number of esters is 1. The first-order chi connectivity index (χ1) is 17.1. The van der Waals surface area contributed by atoms with E-state index in [0.29, 0.717) is 29.4 Å². The van der Waals surface area contributed by atoms with Crippen molar-refractivity contribution in [2.45, 2.75) is 12.5 Å². The van der Waals surface area contributed by atoms with Crippen molar-refractivity contribution in [2.24, 2.45) is 5.10 Å². The fraction of sp³-hybridized carbons (Fsp3) is 0.240. The zero-order chi connectivity index (χ0) is 24.4. The van der Waals surface area contributed by atoms with Gasteiger partial charge >= 0.3 is 5.97 Å². The van der Waals surface area contributed by atoms with Crippen LogP contribution in [0.1, 0.15) is 33.3 Å². The van der Waals surface area contributed by atoms with Crippen molar-refractivity contribution in [1.29, 1.82) is 0 Å². The van der Waals surface area contributed by atoms with E-state index in [0.717, 1.165) is 16.2 Å². The maximum absolute atomic E-state index is 13.2. The average molecular weight is 495 g/mol. The summed E-state index contributed by atoms with van der Waals surface area (Å²) in [6.07, 6.45) is 0.512. The van der Waals surface area contributed by atoms with E-state index >= 15 is 0 Å². The molecule has 1 aromatic heterocycles. The molecule has 10 heteroatoms. The topological polar surface area (TPSA) is 95.9 Å². The molecule has 180 valence electrons.